The summed E-state index contributed by atoms with van der Waals surface area (Å²) >= 11 is 3.39. The van der Waals surface area contributed by atoms with Crippen LogP contribution in [0.3, 0.4) is 0 Å². The number of nitrogens with zero attached hydrogens (tertiary/aromatic N) is 2. The Bertz CT molecular complexity index is 1150. The van der Waals surface area contributed by atoms with Crippen LogP contribution in [0, 0.1) is 33.8 Å². The minimum atomic E-state index is -0.735. The number of rotatable bonds is 6. The molecule has 2 aromatic carbocycles. The molecule has 1 N–H and O–H groups in total. The Morgan fingerprint density at radius 2 is 1.61 bits per heavy atom. The highest BCUT2D eigenvalue weighted by atomic mass is 79.9. The van der Waals surface area contributed by atoms with Crippen LogP contribution >= 0.6 is 15.9 Å². The Morgan fingerprint density at radius 1 is 1.03 bits per heavy atom. The van der Waals surface area contributed by atoms with Gasteiger partial charge in [0, 0.05) is 22.3 Å². The monoisotopic (exact) mass is 509 g/mol. The van der Waals surface area contributed by atoms with E-state index in [9.17, 15) is 24.5 Å². The minimum Gasteiger partial charge on any atom is -0.326 e. The lowest BCUT2D eigenvalue weighted by molar-refractivity contribution is -0.384. The van der Waals surface area contributed by atoms with Gasteiger partial charge >= 0.3 is 0 Å². The van der Waals surface area contributed by atoms with E-state index < -0.39 is 16.9 Å². The molecular weight excluding hydrogens is 490 g/mol. The highest BCUT2D eigenvalue weighted by molar-refractivity contribution is 9.10. The van der Waals surface area contributed by atoms with Gasteiger partial charge < -0.3 is 5.32 Å². The molecule has 5 rings (SSSR count). The van der Waals surface area contributed by atoms with E-state index in [1.165, 1.54) is 29.2 Å². The lowest BCUT2D eigenvalue weighted by Crippen LogP contribution is -2.38. The average molecular weight is 510 g/mol. The van der Waals surface area contributed by atoms with Gasteiger partial charge in [-0.25, -0.2) is 0 Å². The highest BCUT2D eigenvalue weighted by Crippen LogP contribution is 2.54. The van der Waals surface area contributed by atoms with Crippen molar-refractivity contribution in [3.05, 3.63) is 80.8 Å². The van der Waals surface area contributed by atoms with Crippen LogP contribution in [0.15, 0.2) is 65.2 Å². The zero-order chi connectivity index (χ0) is 23.3. The number of hydrogen-bond acceptors (Lipinski definition) is 5. The molecule has 3 amide bonds. The van der Waals surface area contributed by atoms with Gasteiger partial charge in [-0.05, 0) is 48.1 Å². The maximum Gasteiger partial charge on any atom is 0.269 e. The fourth-order valence-electron chi connectivity index (χ4n) is 5.33. The number of imide groups is 1. The molecule has 2 aliphatic carbocycles. The summed E-state index contributed by atoms with van der Waals surface area (Å²) in [7, 11) is 0. The predicted octanol–water partition coefficient (Wildman–Crippen LogP) is 4.23. The Labute approximate surface area is 197 Å². The first-order valence-corrected chi connectivity index (χ1v) is 11.5. The van der Waals surface area contributed by atoms with E-state index in [1.807, 2.05) is 24.3 Å². The fraction of sp³-hybridized carbons (Fsp3) is 0.292. The van der Waals surface area contributed by atoms with Gasteiger partial charge in [0.1, 0.15) is 0 Å². The Hall–Kier alpha value is -3.33. The summed E-state index contributed by atoms with van der Waals surface area (Å²) in [6.45, 7) is 0. The number of amides is 3. The first-order valence-electron chi connectivity index (χ1n) is 10.7. The zero-order valence-electron chi connectivity index (χ0n) is 17.4. The smallest absolute Gasteiger partial charge is 0.269 e. The van der Waals surface area contributed by atoms with Crippen LogP contribution in [-0.4, -0.2) is 27.5 Å². The Kier molecular flexibility index (Phi) is 5.36. The number of carbonyl (C=O) groups is 3. The number of non-ortho nitro benzene ring substituents is 1. The molecule has 0 aromatic heterocycles. The molecule has 9 heteroatoms. The number of carbonyl (C=O) groups excluding carboxylic acids is 3. The number of fused-ring (bicyclic) bond motifs is 5. The van der Waals surface area contributed by atoms with Gasteiger partial charge in [0.2, 0.25) is 17.7 Å². The van der Waals surface area contributed by atoms with E-state index >= 15 is 0 Å². The summed E-state index contributed by atoms with van der Waals surface area (Å²) in [5.41, 5.74) is 1.01. The Balaban J connectivity index is 1.40. The second-order valence-corrected chi connectivity index (χ2v) is 9.59. The van der Waals surface area contributed by atoms with Crippen LogP contribution in [-0.2, 0) is 14.4 Å². The molecule has 0 radical (unpaired) electrons. The molecular formula is C24H20BrN3O5. The normalized spacial score (nSPS) is 25.9. The molecule has 8 nitrogen and oxygen atoms in total. The number of hydrogen-bond donors (Lipinski definition) is 1. The number of nitrogens with one attached hydrogen (secondary N) is 1. The maximum absolute atomic E-state index is 13.4. The first kappa shape index (κ1) is 21.5. The van der Waals surface area contributed by atoms with Gasteiger partial charge in [0.25, 0.3) is 5.69 Å². The fourth-order valence-corrected chi connectivity index (χ4v) is 5.59. The van der Waals surface area contributed by atoms with Gasteiger partial charge in [-0.15, -0.1) is 0 Å². The minimum absolute atomic E-state index is 0.0798. The van der Waals surface area contributed by atoms with Gasteiger partial charge in [0.05, 0.1) is 29.2 Å². The maximum atomic E-state index is 13.4. The van der Waals surface area contributed by atoms with Gasteiger partial charge in [-0.1, -0.05) is 40.2 Å². The standard InChI is InChI=1S/C24H20BrN3O5/c25-16-5-3-13(4-6-16)19(12-20(29)26-17-7-9-18(10-8-17)28(32)33)27-23(30)21-14-1-2-15(11-14)22(21)24(27)31/h1-10,14-15,19,21-22H,11-12H2,(H,26,29). The zero-order valence-corrected chi connectivity index (χ0v) is 19.0. The highest BCUT2D eigenvalue weighted by Gasteiger charge is 2.60. The molecule has 2 bridgehead atoms. The molecule has 0 spiro atoms. The molecule has 168 valence electrons. The summed E-state index contributed by atoms with van der Waals surface area (Å²) in [5, 5.41) is 13.6. The van der Waals surface area contributed by atoms with Crippen molar-refractivity contribution < 1.29 is 19.3 Å². The van der Waals surface area contributed by atoms with E-state index in [-0.39, 0.29) is 47.6 Å². The van der Waals surface area contributed by atoms with Crippen molar-refractivity contribution >= 4 is 45.0 Å². The molecule has 1 saturated carbocycles. The number of benzene rings is 2. The second-order valence-electron chi connectivity index (χ2n) is 8.67. The second kappa shape index (κ2) is 8.22. The van der Waals surface area contributed by atoms with Crippen molar-refractivity contribution in [2.24, 2.45) is 23.7 Å². The third kappa shape index (κ3) is 3.76. The lowest BCUT2D eigenvalue weighted by atomic mass is 9.85. The lowest BCUT2D eigenvalue weighted by Gasteiger charge is -2.28. The van der Waals surface area contributed by atoms with E-state index in [0.29, 0.717) is 11.3 Å². The quantitative estimate of drug-likeness (QED) is 0.271. The molecule has 5 atom stereocenters. The third-order valence-corrected chi connectivity index (χ3v) is 7.34. The topological polar surface area (TPSA) is 110 Å². The summed E-state index contributed by atoms with van der Waals surface area (Å²) in [6.07, 6.45) is 4.80. The van der Waals surface area contributed by atoms with E-state index in [0.717, 1.165) is 10.9 Å². The van der Waals surface area contributed by atoms with Crippen LogP contribution < -0.4 is 5.32 Å². The van der Waals surface area contributed by atoms with Crippen molar-refractivity contribution in [2.45, 2.75) is 18.9 Å². The van der Waals surface area contributed by atoms with Gasteiger partial charge in [-0.3, -0.25) is 29.4 Å². The van der Waals surface area contributed by atoms with Gasteiger partial charge in [0.15, 0.2) is 0 Å². The summed E-state index contributed by atoms with van der Waals surface area (Å²) in [5.74, 6) is -1.33. The average Bonchev–Trinajstić information content (AvgIpc) is 3.47. The van der Waals surface area contributed by atoms with E-state index in [1.54, 1.807) is 12.1 Å². The van der Waals surface area contributed by atoms with Crippen LogP contribution in [0.4, 0.5) is 11.4 Å². The molecule has 3 aliphatic rings. The number of nitro groups is 1. The largest absolute Gasteiger partial charge is 0.326 e. The van der Waals surface area contributed by atoms with E-state index in [4.69, 9.17) is 0 Å². The van der Waals surface area contributed by atoms with Crippen molar-refractivity contribution in [2.75, 3.05) is 5.32 Å². The number of likely N-dealkylation sites (tertiary alicyclic amines) is 1. The summed E-state index contributed by atoms with van der Waals surface area (Å²) in [4.78, 5) is 51.3. The number of anilines is 1. The number of halogens is 1. The van der Waals surface area contributed by atoms with Gasteiger partial charge in [-0.2, -0.15) is 0 Å². The molecule has 33 heavy (non-hydrogen) atoms. The van der Waals surface area contributed by atoms with Crippen LogP contribution in [0.2, 0.25) is 0 Å². The van der Waals surface area contributed by atoms with E-state index in [2.05, 4.69) is 21.2 Å². The van der Waals surface area contributed by atoms with Crippen molar-refractivity contribution in [1.29, 1.82) is 0 Å². The van der Waals surface area contributed by atoms with Crippen LogP contribution in [0.5, 0.6) is 0 Å². The molecule has 1 saturated heterocycles. The number of nitro benzene ring substituents is 1. The molecule has 1 heterocycles. The summed E-state index contributed by atoms with van der Waals surface area (Å²) in [6, 6.07) is 12.0. The molecule has 5 unspecified atom stereocenters. The summed E-state index contributed by atoms with van der Waals surface area (Å²) < 4.78 is 0.846. The van der Waals surface area contributed by atoms with Crippen molar-refractivity contribution in [3.63, 3.8) is 0 Å². The Morgan fingerprint density at radius 3 is 2.15 bits per heavy atom. The van der Waals surface area contributed by atoms with Crippen LogP contribution in [0.1, 0.15) is 24.4 Å². The van der Waals surface area contributed by atoms with Crippen molar-refractivity contribution in [1.82, 2.24) is 4.90 Å². The molecule has 2 fully saturated rings. The first-order chi connectivity index (χ1) is 15.8. The third-order valence-electron chi connectivity index (χ3n) is 6.81. The van der Waals surface area contributed by atoms with Crippen LogP contribution in [0.25, 0.3) is 0 Å². The number of allylic oxidation sites excluding steroid dienone is 2. The van der Waals surface area contributed by atoms with Crippen molar-refractivity contribution in [3.8, 4) is 0 Å². The molecule has 2 aromatic rings. The SMILES string of the molecule is O=C(CC(c1ccc(Br)cc1)N1C(=O)C2C3C=CC(C3)C2C1=O)Nc1ccc([N+](=O)[O-])cc1. The molecule has 1 aliphatic heterocycles. The predicted molar refractivity (Wildman–Crippen MR) is 123 cm³/mol.